The van der Waals surface area contributed by atoms with Gasteiger partial charge in [0.25, 0.3) is 0 Å². The molecule has 0 saturated carbocycles. The molecular weight excluding hydrogens is 331 g/mol. The van der Waals surface area contributed by atoms with Gasteiger partial charge < -0.3 is 15.2 Å². The van der Waals surface area contributed by atoms with Gasteiger partial charge in [-0.15, -0.1) is 0 Å². The first-order valence-corrected chi connectivity index (χ1v) is 9.42. The summed E-state index contributed by atoms with van der Waals surface area (Å²) < 4.78 is 13.7. The Balaban J connectivity index is 1.47. The fourth-order valence-electron chi connectivity index (χ4n) is 3.65. The fraction of sp³-hybridized carbons (Fsp3) is 0.500. The number of likely N-dealkylation sites (tertiary alicyclic amines) is 1. The van der Waals surface area contributed by atoms with Gasteiger partial charge in [0, 0.05) is 24.7 Å². The smallest absolute Gasteiger partial charge is 0.220 e. The number of nitrogens with zero attached hydrogens (tertiary/aromatic N) is 2. The van der Waals surface area contributed by atoms with Crippen molar-refractivity contribution in [3.8, 4) is 0 Å². The highest BCUT2D eigenvalue weighted by atomic mass is 19.1. The standard InChI is InChI=1S/C20H27FN4O/c1-3-15-7-4-5-12-25(15)14(2)10-11-19(26)22-13-18-23-17-9-6-8-16(21)20(17)24-18/h6,8-9,15H,2-5,7,10-13H2,1H3,(H,22,26)(H,23,24). The predicted octanol–water partition coefficient (Wildman–Crippen LogP) is 3.88. The van der Waals surface area contributed by atoms with E-state index in [0.717, 1.165) is 18.7 Å². The lowest BCUT2D eigenvalue weighted by Crippen LogP contribution is -2.38. The van der Waals surface area contributed by atoms with Crippen molar-refractivity contribution in [1.29, 1.82) is 0 Å². The second-order valence-corrected chi connectivity index (χ2v) is 6.91. The molecule has 0 radical (unpaired) electrons. The van der Waals surface area contributed by atoms with Crippen molar-refractivity contribution in [2.45, 2.75) is 58.0 Å². The van der Waals surface area contributed by atoms with Crippen LogP contribution in [-0.2, 0) is 11.3 Å². The van der Waals surface area contributed by atoms with E-state index in [1.807, 2.05) is 0 Å². The Bertz CT molecular complexity index is 785. The SMILES string of the molecule is C=C(CCC(=O)NCc1nc2c(F)cccc2[nH]1)N1CCCCC1CC. The Morgan fingerprint density at radius 1 is 1.42 bits per heavy atom. The molecule has 2 heterocycles. The first-order chi connectivity index (χ1) is 12.6. The number of para-hydroxylation sites is 1. The van der Waals surface area contributed by atoms with E-state index in [1.54, 1.807) is 12.1 Å². The van der Waals surface area contributed by atoms with E-state index in [0.29, 0.717) is 35.7 Å². The number of rotatable bonds is 7. The normalized spacial score (nSPS) is 17.5. The molecule has 2 aromatic rings. The molecule has 0 spiro atoms. The number of aromatic amines is 1. The van der Waals surface area contributed by atoms with Crippen molar-refractivity contribution >= 4 is 16.9 Å². The van der Waals surface area contributed by atoms with Crippen molar-refractivity contribution < 1.29 is 9.18 Å². The number of aromatic nitrogens is 2. The van der Waals surface area contributed by atoms with E-state index in [-0.39, 0.29) is 18.3 Å². The molecule has 1 aromatic carbocycles. The number of H-pyrrole nitrogens is 1. The van der Waals surface area contributed by atoms with Crippen molar-refractivity contribution in [2.75, 3.05) is 6.54 Å². The number of amides is 1. The number of nitrogens with one attached hydrogen (secondary N) is 2. The van der Waals surface area contributed by atoms with Gasteiger partial charge in [0.2, 0.25) is 5.91 Å². The van der Waals surface area contributed by atoms with Crippen molar-refractivity contribution in [2.24, 2.45) is 0 Å². The molecule has 3 rings (SSSR count). The Morgan fingerprint density at radius 3 is 3.04 bits per heavy atom. The first kappa shape index (κ1) is 18.4. The van der Waals surface area contributed by atoms with Crippen molar-refractivity contribution in [1.82, 2.24) is 20.2 Å². The number of fused-ring (bicyclic) bond motifs is 1. The monoisotopic (exact) mass is 358 g/mol. The fourth-order valence-corrected chi connectivity index (χ4v) is 3.65. The third-order valence-corrected chi connectivity index (χ3v) is 5.11. The molecule has 0 aliphatic carbocycles. The van der Waals surface area contributed by atoms with Crippen LogP contribution in [0.3, 0.4) is 0 Å². The van der Waals surface area contributed by atoms with Gasteiger partial charge in [0.1, 0.15) is 11.3 Å². The number of carbonyl (C=O) groups is 1. The topological polar surface area (TPSA) is 61.0 Å². The van der Waals surface area contributed by atoms with E-state index < -0.39 is 0 Å². The van der Waals surface area contributed by atoms with Gasteiger partial charge in [-0.05, 0) is 44.2 Å². The molecule has 1 saturated heterocycles. The van der Waals surface area contributed by atoms with Crippen molar-refractivity contribution in [3.63, 3.8) is 0 Å². The maximum absolute atomic E-state index is 13.7. The van der Waals surface area contributed by atoms with Gasteiger partial charge in [-0.1, -0.05) is 19.6 Å². The lowest BCUT2D eigenvalue weighted by Gasteiger charge is -2.38. The summed E-state index contributed by atoms with van der Waals surface area (Å²) in [5.41, 5.74) is 2.00. The van der Waals surface area contributed by atoms with E-state index >= 15 is 0 Å². The molecule has 140 valence electrons. The zero-order chi connectivity index (χ0) is 18.5. The third-order valence-electron chi connectivity index (χ3n) is 5.11. The van der Waals surface area contributed by atoms with Crippen LogP contribution in [0.25, 0.3) is 11.0 Å². The summed E-state index contributed by atoms with van der Waals surface area (Å²) >= 11 is 0. The summed E-state index contributed by atoms with van der Waals surface area (Å²) in [6.07, 6.45) is 5.88. The molecule has 1 amide bonds. The number of benzene rings is 1. The van der Waals surface area contributed by atoms with Crippen LogP contribution >= 0.6 is 0 Å². The zero-order valence-electron chi connectivity index (χ0n) is 15.4. The minimum Gasteiger partial charge on any atom is -0.372 e. The average molecular weight is 358 g/mol. The molecule has 1 aliphatic rings. The Labute approximate surface area is 153 Å². The maximum atomic E-state index is 13.7. The summed E-state index contributed by atoms with van der Waals surface area (Å²) in [5.74, 6) is 0.149. The number of halogens is 1. The molecule has 1 fully saturated rings. The second-order valence-electron chi connectivity index (χ2n) is 6.91. The lowest BCUT2D eigenvalue weighted by atomic mass is 9.98. The van der Waals surface area contributed by atoms with E-state index in [4.69, 9.17) is 0 Å². The highest BCUT2D eigenvalue weighted by Crippen LogP contribution is 2.25. The molecule has 1 atom stereocenters. The quantitative estimate of drug-likeness (QED) is 0.790. The van der Waals surface area contributed by atoms with Crippen LogP contribution in [0.15, 0.2) is 30.5 Å². The van der Waals surface area contributed by atoms with E-state index in [2.05, 4.69) is 33.7 Å². The van der Waals surface area contributed by atoms with Crippen molar-refractivity contribution in [3.05, 3.63) is 42.1 Å². The highest BCUT2D eigenvalue weighted by molar-refractivity contribution is 5.77. The first-order valence-electron chi connectivity index (χ1n) is 9.42. The van der Waals surface area contributed by atoms with Crippen LogP contribution in [-0.4, -0.2) is 33.4 Å². The van der Waals surface area contributed by atoms with Crippen LogP contribution in [0.4, 0.5) is 4.39 Å². The van der Waals surface area contributed by atoms with Crippen LogP contribution in [0.2, 0.25) is 0 Å². The molecular formula is C20H27FN4O. The Morgan fingerprint density at radius 2 is 2.27 bits per heavy atom. The van der Waals surface area contributed by atoms with Crippen LogP contribution < -0.4 is 5.32 Å². The van der Waals surface area contributed by atoms with Gasteiger partial charge in [-0.25, -0.2) is 9.37 Å². The summed E-state index contributed by atoms with van der Waals surface area (Å²) in [5, 5.41) is 2.85. The number of hydrogen-bond acceptors (Lipinski definition) is 3. The lowest BCUT2D eigenvalue weighted by molar-refractivity contribution is -0.121. The maximum Gasteiger partial charge on any atom is 0.220 e. The highest BCUT2D eigenvalue weighted by Gasteiger charge is 2.21. The molecule has 2 N–H and O–H groups in total. The van der Waals surface area contributed by atoms with Gasteiger partial charge in [-0.2, -0.15) is 0 Å². The number of hydrogen-bond donors (Lipinski definition) is 2. The van der Waals surface area contributed by atoms with Gasteiger partial charge >= 0.3 is 0 Å². The van der Waals surface area contributed by atoms with E-state index in [9.17, 15) is 9.18 Å². The number of piperidine rings is 1. The minimum atomic E-state index is -0.361. The average Bonchev–Trinajstić information content (AvgIpc) is 3.09. The van der Waals surface area contributed by atoms with Crippen LogP contribution in [0.5, 0.6) is 0 Å². The number of allylic oxidation sites excluding steroid dienone is 1. The predicted molar refractivity (Wildman–Crippen MR) is 101 cm³/mol. The molecule has 1 aromatic heterocycles. The summed E-state index contributed by atoms with van der Waals surface area (Å²) in [6, 6.07) is 5.34. The summed E-state index contributed by atoms with van der Waals surface area (Å²) in [4.78, 5) is 21.8. The summed E-state index contributed by atoms with van der Waals surface area (Å²) in [7, 11) is 0. The van der Waals surface area contributed by atoms with Crippen LogP contribution in [0, 0.1) is 5.82 Å². The minimum absolute atomic E-state index is 0.0443. The molecule has 6 heteroatoms. The molecule has 1 unspecified atom stereocenters. The number of imidazole rings is 1. The van der Waals surface area contributed by atoms with Gasteiger partial charge in [-0.3, -0.25) is 4.79 Å². The summed E-state index contributed by atoms with van der Waals surface area (Å²) in [6.45, 7) is 7.71. The van der Waals surface area contributed by atoms with Crippen LogP contribution in [0.1, 0.15) is 51.3 Å². The molecule has 0 bridgehead atoms. The third kappa shape index (κ3) is 4.23. The Kier molecular flexibility index (Phi) is 5.91. The molecule has 5 nitrogen and oxygen atoms in total. The molecule has 1 aliphatic heterocycles. The second kappa shape index (κ2) is 8.34. The van der Waals surface area contributed by atoms with E-state index in [1.165, 1.54) is 25.3 Å². The zero-order valence-corrected chi connectivity index (χ0v) is 15.4. The Hall–Kier alpha value is -2.37. The van der Waals surface area contributed by atoms with Gasteiger partial charge in [0.15, 0.2) is 5.82 Å². The molecule has 26 heavy (non-hydrogen) atoms. The number of carbonyl (C=O) groups excluding carboxylic acids is 1. The largest absolute Gasteiger partial charge is 0.372 e. The van der Waals surface area contributed by atoms with Gasteiger partial charge in [0.05, 0.1) is 12.1 Å².